The largest absolute Gasteiger partial charge is 0.465 e. The Morgan fingerprint density at radius 2 is 1.84 bits per heavy atom. The summed E-state index contributed by atoms with van der Waals surface area (Å²) in [5, 5.41) is 3.55. The van der Waals surface area contributed by atoms with Gasteiger partial charge in [-0.1, -0.05) is 42.5 Å². The molecule has 0 aliphatic carbocycles. The number of thiophene rings is 1. The minimum Gasteiger partial charge on any atom is -0.465 e. The molecule has 1 N–H and O–H groups in total. The Bertz CT molecular complexity index is 1100. The number of fused-ring (bicyclic) bond motifs is 1. The molecule has 0 bridgehead atoms. The van der Waals surface area contributed by atoms with Crippen molar-refractivity contribution in [2.75, 3.05) is 25.2 Å². The van der Waals surface area contributed by atoms with Gasteiger partial charge in [0.25, 0.3) is 5.91 Å². The Balaban J connectivity index is 0.00000289. The average Bonchev–Trinajstić information content (AvgIpc) is 3.16. The molecule has 1 aromatic heterocycles. The molecule has 0 radical (unpaired) electrons. The van der Waals surface area contributed by atoms with E-state index < -0.39 is 5.97 Å². The normalized spacial score (nSPS) is 13.1. The summed E-state index contributed by atoms with van der Waals surface area (Å²) in [4.78, 5) is 30.0. The van der Waals surface area contributed by atoms with Crippen molar-refractivity contribution in [3.63, 3.8) is 0 Å². The van der Waals surface area contributed by atoms with Gasteiger partial charge in [0, 0.05) is 29.4 Å². The quantitative estimate of drug-likeness (QED) is 0.367. The monoisotopic (exact) mass is 488 g/mol. The van der Waals surface area contributed by atoms with E-state index in [1.54, 1.807) is 6.07 Å². The number of nitrogens with zero attached hydrogens (tertiary/aromatic N) is 1. The Kier molecular flexibility index (Phi) is 8.37. The molecule has 1 aliphatic heterocycles. The average molecular weight is 489 g/mol. The second kappa shape index (κ2) is 11.0. The van der Waals surface area contributed by atoms with E-state index in [-0.39, 0.29) is 18.3 Å². The van der Waals surface area contributed by atoms with Crippen molar-refractivity contribution in [1.82, 2.24) is 4.90 Å². The van der Waals surface area contributed by atoms with E-state index in [0.29, 0.717) is 16.1 Å². The molecule has 2 aromatic carbocycles. The highest BCUT2D eigenvalue weighted by atomic mass is 35.5. The fraction of sp³-hybridized carbons (Fsp3) is 0.250. The first-order valence-electron chi connectivity index (χ1n) is 10.0. The second-order valence-corrected chi connectivity index (χ2v) is 9.25. The van der Waals surface area contributed by atoms with Crippen LogP contribution in [0.5, 0.6) is 0 Å². The van der Waals surface area contributed by atoms with Crippen LogP contribution >= 0.6 is 35.5 Å². The summed E-state index contributed by atoms with van der Waals surface area (Å²) < 4.78 is 5.05. The van der Waals surface area contributed by atoms with E-state index in [1.165, 1.54) is 35.8 Å². The van der Waals surface area contributed by atoms with E-state index in [1.807, 2.05) is 42.7 Å². The van der Waals surface area contributed by atoms with Gasteiger partial charge in [-0.3, -0.25) is 9.69 Å². The molecular formula is C24H25ClN2O3S2. The van der Waals surface area contributed by atoms with Crippen LogP contribution in [0.2, 0.25) is 0 Å². The van der Waals surface area contributed by atoms with E-state index in [2.05, 4.69) is 22.3 Å². The first-order chi connectivity index (χ1) is 15.1. The Morgan fingerprint density at radius 3 is 2.56 bits per heavy atom. The number of hydrogen-bond donors (Lipinski definition) is 1. The molecule has 0 atom stereocenters. The highest BCUT2D eigenvalue weighted by molar-refractivity contribution is 7.98. The van der Waals surface area contributed by atoms with Crippen molar-refractivity contribution in [2.45, 2.75) is 24.4 Å². The van der Waals surface area contributed by atoms with Gasteiger partial charge in [-0.25, -0.2) is 4.79 Å². The molecule has 0 unspecified atom stereocenters. The Morgan fingerprint density at radius 1 is 1.12 bits per heavy atom. The summed E-state index contributed by atoms with van der Waals surface area (Å²) >= 11 is 3.00. The lowest BCUT2D eigenvalue weighted by atomic mass is 10.0. The van der Waals surface area contributed by atoms with Crippen molar-refractivity contribution in [1.29, 1.82) is 0 Å². The highest BCUT2D eigenvalue weighted by Gasteiger charge is 2.29. The molecule has 5 nitrogen and oxygen atoms in total. The molecule has 2 heterocycles. The summed E-state index contributed by atoms with van der Waals surface area (Å²) in [5.41, 5.74) is 3.35. The number of esters is 1. The number of hydrogen-bond acceptors (Lipinski definition) is 6. The molecule has 1 amide bonds. The van der Waals surface area contributed by atoms with Crippen LogP contribution in [0.15, 0.2) is 59.5 Å². The maximum atomic E-state index is 13.0. The maximum absolute atomic E-state index is 13.0. The third-order valence-corrected chi connectivity index (χ3v) is 7.28. The summed E-state index contributed by atoms with van der Waals surface area (Å²) in [6.07, 6.45) is 2.69. The predicted molar refractivity (Wildman–Crippen MR) is 133 cm³/mol. The first kappa shape index (κ1) is 24.3. The minimum absolute atomic E-state index is 0. The van der Waals surface area contributed by atoms with Gasteiger partial charge in [0.2, 0.25) is 0 Å². The van der Waals surface area contributed by atoms with E-state index >= 15 is 0 Å². The minimum atomic E-state index is -0.400. The third-order valence-electron chi connectivity index (χ3n) is 5.35. The fourth-order valence-electron chi connectivity index (χ4n) is 3.84. The molecule has 1 aliphatic rings. The Labute approximate surface area is 202 Å². The van der Waals surface area contributed by atoms with Gasteiger partial charge < -0.3 is 10.1 Å². The van der Waals surface area contributed by atoms with Crippen LogP contribution in [-0.4, -0.2) is 36.7 Å². The topological polar surface area (TPSA) is 58.6 Å². The van der Waals surface area contributed by atoms with Crippen molar-refractivity contribution in [3.8, 4) is 0 Å². The molecule has 0 saturated heterocycles. The van der Waals surface area contributed by atoms with Crippen LogP contribution in [-0.2, 0) is 24.2 Å². The van der Waals surface area contributed by atoms with Crippen LogP contribution in [0.4, 0.5) is 5.00 Å². The number of benzene rings is 2. The third kappa shape index (κ3) is 5.18. The predicted octanol–water partition coefficient (Wildman–Crippen LogP) is 5.49. The van der Waals surface area contributed by atoms with Gasteiger partial charge >= 0.3 is 5.97 Å². The Hall–Kier alpha value is -2.32. The number of thioether (sulfide) groups is 1. The number of rotatable bonds is 6. The van der Waals surface area contributed by atoms with E-state index in [0.717, 1.165) is 41.4 Å². The van der Waals surface area contributed by atoms with Crippen molar-refractivity contribution in [3.05, 3.63) is 81.7 Å². The lowest BCUT2D eigenvalue weighted by molar-refractivity contribution is 0.0600. The van der Waals surface area contributed by atoms with Gasteiger partial charge in [-0.05, 0) is 35.9 Å². The first-order valence-corrected chi connectivity index (χ1v) is 12.1. The van der Waals surface area contributed by atoms with Crippen molar-refractivity contribution in [2.24, 2.45) is 0 Å². The molecule has 32 heavy (non-hydrogen) atoms. The summed E-state index contributed by atoms with van der Waals surface area (Å²) in [5.74, 6) is -0.614. The summed E-state index contributed by atoms with van der Waals surface area (Å²) in [7, 11) is 1.38. The van der Waals surface area contributed by atoms with E-state index in [9.17, 15) is 9.59 Å². The lowest BCUT2D eigenvalue weighted by Crippen LogP contribution is -2.29. The van der Waals surface area contributed by atoms with E-state index in [4.69, 9.17) is 4.74 Å². The highest BCUT2D eigenvalue weighted by Crippen LogP contribution is 2.38. The standard InChI is InChI=1S/C24H24N2O3S2.ClH/c1-29-24(28)21-17-12-13-26(14-16-8-4-3-5-9-16)15-20(17)31-23(21)25-22(27)18-10-6-7-11-19(18)30-2;/h3-11H,12-15H2,1-2H3,(H,25,27);1H. The zero-order chi connectivity index (χ0) is 21.8. The number of amides is 1. The van der Waals surface area contributed by atoms with Crippen LogP contribution < -0.4 is 5.32 Å². The van der Waals surface area contributed by atoms with Gasteiger partial charge in [0.15, 0.2) is 0 Å². The summed E-state index contributed by atoms with van der Waals surface area (Å²) in [6, 6.07) is 17.8. The number of nitrogens with one attached hydrogen (secondary N) is 1. The van der Waals surface area contributed by atoms with Crippen LogP contribution in [0.25, 0.3) is 0 Å². The van der Waals surface area contributed by atoms with Crippen LogP contribution in [0.1, 0.15) is 36.7 Å². The van der Waals surface area contributed by atoms with Gasteiger partial charge in [0.1, 0.15) is 5.00 Å². The molecule has 8 heteroatoms. The number of carbonyl (C=O) groups is 2. The molecule has 0 saturated carbocycles. The van der Waals surface area contributed by atoms with Crippen LogP contribution in [0.3, 0.4) is 0 Å². The molecule has 0 spiro atoms. The number of halogens is 1. The van der Waals surface area contributed by atoms with Crippen LogP contribution in [0, 0.1) is 0 Å². The molecule has 0 fully saturated rings. The van der Waals surface area contributed by atoms with Crippen molar-refractivity contribution >= 4 is 52.4 Å². The zero-order valence-corrected chi connectivity index (χ0v) is 20.4. The second-order valence-electron chi connectivity index (χ2n) is 7.30. The van der Waals surface area contributed by atoms with Crippen molar-refractivity contribution < 1.29 is 14.3 Å². The number of anilines is 1. The SMILES string of the molecule is COC(=O)c1c(NC(=O)c2ccccc2SC)sc2c1CCN(Cc1ccccc1)C2.Cl. The van der Waals surface area contributed by atoms with Gasteiger partial charge in [-0.15, -0.1) is 35.5 Å². The number of methoxy groups -OCH3 is 1. The molecule has 168 valence electrons. The molecule has 4 rings (SSSR count). The maximum Gasteiger partial charge on any atom is 0.341 e. The number of ether oxygens (including phenoxy) is 1. The molecular weight excluding hydrogens is 464 g/mol. The van der Waals surface area contributed by atoms with Gasteiger partial charge in [0.05, 0.1) is 18.2 Å². The number of carbonyl (C=O) groups excluding carboxylic acids is 2. The lowest BCUT2D eigenvalue weighted by Gasteiger charge is -2.27. The zero-order valence-electron chi connectivity index (χ0n) is 17.9. The summed E-state index contributed by atoms with van der Waals surface area (Å²) in [6.45, 7) is 2.45. The smallest absolute Gasteiger partial charge is 0.341 e. The fourth-order valence-corrected chi connectivity index (χ4v) is 5.71. The van der Waals surface area contributed by atoms with Gasteiger partial charge in [-0.2, -0.15) is 0 Å². The molecule has 3 aromatic rings.